The third-order valence-electron chi connectivity index (χ3n) is 2.71. The molecule has 0 spiro atoms. The van der Waals surface area contributed by atoms with Gasteiger partial charge in [0.25, 0.3) is 10.2 Å². The van der Waals surface area contributed by atoms with Crippen LogP contribution in [0, 0.1) is 0 Å². The van der Waals surface area contributed by atoms with Gasteiger partial charge in [0.15, 0.2) is 0 Å². The molecule has 5 nitrogen and oxygen atoms in total. The van der Waals surface area contributed by atoms with Crippen LogP contribution in [-0.2, 0) is 10.2 Å². The van der Waals surface area contributed by atoms with E-state index < -0.39 is 10.2 Å². The predicted molar refractivity (Wildman–Crippen MR) is 60.6 cm³/mol. The Bertz CT molecular complexity index is 273. The van der Waals surface area contributed by atoms with Gasteiger partial charge in [0, 0.05) is 26.7 Å². The monoisotopic (exact) mass is 235 g/mol. The summed E-state index contributed by atoms with van der Waals surface area (Å²) in [5.41, 5.74) is 5.36. The number of rotatable bonds is 5. The summed E-state index contributed by atoms with van der Waals surface area (Å²) < 4.78 is 27.0. The molecular formula is C9H21N3O2S. The molecule has 0 aromatic heterocycles. The summed E-state index contributed by atoms with van der Waals surface area (Å²) in [4.78, 5) is 0. The van der Waals surface area contributed by atoms with Crippen molar-refractivity contribution >= 4 is 10.2 Å². The second kappa shape index (κ2) is 5.79. The molecule has 15 heavy (non-hydrogen) atoms. The Balaban J connectivity index is 2.55. The summed E-state index contributed by atoms with van der Waals surface area (Å²) in [5.74, 6) is 0. The van der Waals surface area contributed by atoms with E-state index in [0.717, 1.165) is 19.3 Å². The molecule has 2 N–H and O–H groups in total. The zero-order valence-electron chi connectivity index (χ0n) is 9.35. The molecule has 0 atom stereocenters. The number of hydrogen-bond donors (Lipinski definition) is 1. The van der Waals surface area contributed by atoms with Crippen LogP contribution in [0.15, 0.2) is 0 Å². The quantitative estimate of drug-likeness (QED) is 0.729. The van der Waals surface area contributed by atoms with Crippen LogP contribution in [0.1, 0.15) is 25.7 Å². The van der Waals surface area contributed by atoms with Crippen LogP contribution < -0.4 is 5.73 Å². The van der Waals surface area contributed by atoms with E-state index in [4.69, 9.17) is 5.73 Å². The molecule has 0 radical (unpaired) electrons. The van der Waals surface area contributed by atoms with Gasteiger partial charge in [-0.15, -0.1) is 0 Å². The van der Waals surface area contributed by atoms with Gasteiger partial charge in [0.1, 0.15) is 0 Å². The maximum Gasteiger partial charge on any atom is 0.281 e. The summed E-state index contributed by atoms with van der Waals surface area (Å²) in [6, 6.07) is 0. The van der Waals surface area contributed by atoms with Crippen molar-refractivity contribution in [2.45, 2.75) is 25.7 Å². The number of hydrogen-bond acceptors (Lipinski definition) is 3. The van der Waals surface area contributed by atoms with Gasteiger partial charge in [-0.3, -0.25) is 0 Å². The molecule has 1 rings (SSSR count). The van der Waals surface area contributed by atoms with E-state index in [9.17, 15) is 8.42 Å². The van der Waals surface area contributed by atoms with Gasteiger partial charge in [0.2, 0.25) is 0 Å². The van der Waals surface area contributed by atoms with E-state index in [0.29, 0.717) is 32.6 Å². The van der Waals surface area contributed by atoms with Crippen molar-refractivity contribution < 1.29 is 8.42 Å². The van der Waals surface area contributed by atoms with Gasteiger partial charge in [-0.2, -0.15) is 17.0 Å². The van der Waals surface area contributed by atoms with Crippen LogP contribution in [0.5, 0.6) is 0 Å². The lowest BCUT2D eigenvalue weighted by molar-refractivity contribution is 0.315. The Morgan fingerprint density at radius 3 is 2.40 bits per heavy atom. The lowest BCUT2D eigenvalue weighted by atomic mass is 10.2. The van der Waals surface area contributed by atoms with Crippen molar-refractivity contribution in [2.24, 2.45) is 5.73 Å². The summed E-state index contributed by atoms with van der Waals surface area (Å²) >= 11 is 0. The summed E-state index contributed by atoms with van der Waals surface area (Å²) in [6.45, 7) is 2.36. The van der Waals surface area contributed by atoms with E-state index in [1.54, 1.807) is 11.4 Å². The van der Waals surface area contributed by atoms with Crippen molar-refractivity contribution in [3.05, 3.63) is 0 Å². The summed E-state index contributed by atoms with van der Waals surface area (Å²) in [5, 5.41) is 0. The number of nitrogens with zero attached hydrogens (tertiary/aromatic N) is 2. The fourth-order valence-electron chi connectivity index (χ4n) is 1.72. The molecule has 0 unspecified atom stereocenters. The molecule has 1 fully saturated rings. The summed E-state index contributed by atoms with van der Waals surface area (Å²) in [7, 11) is -1.60. The maximum atomic E-state index is 12.0. The molecule has 0 saturated carbocycles. The first-order valence-electron chi connectivity index (χ1n) is 5.50. The fourth-order valence-corrected chi connectivity index (χ4v) is 3.20. The van der Waals surface area contributed by atoms with Gasteiger partial charge < -0.3 is 5.73 Å². The molecular weight excluding hydrogens is 214 g/mol. The zero-order valence-corrected chi connectivity index (χ0v) is 10.2. The van der Waals surface area contributed by atoms with E-state index in [1.165, 1.54) is 4.31 Å². The van der Waals surface area contributed by atoms with Gasteiger partial charge >= 0.3 is 0 Å². The van der Waals surface area contributed by atoms with Crippen LogP contribution in [0.4, 0.5) is 0 Å². The highest BCUT2D eigenvalue weighted by Gasteiger charge is 2.27. The van der Waals surface area contributed by atoms with Gasteiger partial charge in [-0.1, -0.05) is 6.42 Å². The minimum Gasteiger partial charge on any atom is -0.330 e. The Morgan fingerprint density at radius 2 is 1.87 bits per heavy atom. The van der Waals surface area contributed by atoms with E-state index in [1.807, 2.05) is 0 Å². The average Bonchev–Trinajstić information content (AvgIpc) is 2.27. The molecule has 1 aliphatic rings. The molecule has 0 amide bonds. The molecule has 6 heteroatoms. The molecule has 90 valence electrons. The van der Waals surface area contributed by atoms with Crippen molar-refractivity contribution in [3.63, 3.8) is 0 Å². The normalized spacial score (nSPS) is 19.7. The molecule has 0 aliphatic carbocycles. The van der Waals surface area contributed by atoms with Crippen molar-refractivity contribution in [2.75, 3.05) is 33.2 Å². The van der Waals surface area contributed by atoms with E-state index in [2.05, 4.69) is 0 Å². The van der Waals surface area contributed by atoms with Crippen LogP contribution in [-0.4, -0.2) is 50.3 Å². The Hall–Kier alpha value is -0.170. The molecule has 1 heterocycles. The fraction of sp³-hybridized carbons (Fsp3) is 1.00. The lowest BCUT2D eigenvalue weighted by Gasteiger charge is -2.30. The first-order valence-corrected chi connectivity index (χ1v) is 6.90. The largest absolute Gasteiger partial charge is 0.330 e. The highest BCUT2D eigenvalue weighted by molar-refractivity contribution is 7.86. The second-order valence-electron chi connectivity index (χ2n) is 3.93. The van der Waals surface area contributed by atoms with Gasteiger partial charge in [0.05, 0.1) is 0 Å². The molecule has 1 saturated heterocycles. The van der Waals surface area contributed by atoms with Crippen LogP contribution >= 0.6 is 0 Å². The topological polar surface area (TPSA) is 66.6 Å². The first kappa shape index (κ1) is 12.9. The smallest absolute Gasteiger partial charge is 0.281 e. The highest BCUT2D eigenvalue weighted by Crippen LogP contribution is 2.15. The lowest BCUT2D eigenvalue weighted by Crippen LogP contribution is -2.44. The molecule has 0 aromatic rings. The Labute approximate surface area is 92.4 Å². The van der Waals surface area contributed by atoms with E-state index in [-0.39, 0.29) is 0 Å². The van der Waals surface area contributed by atoms with Crippen molar-refractivity contribution in [3.8, 4) is 0 Å². The average molecular weight is 235 g/mol. The maximum absolute atomic E-state index is 12.0. The van der Waals surface area contributed by atoms with Crippen molar-refractivity contribution in [1.29, 1.82) is 0 Å². The minimum absolute atomic E-state index is 0.509. The van der Waals surface area contributed by atoms with Gasteiger partial charge in [-0.25, -0.2) is 0 Å². The molecule has 1 aliphatic heterocycles. The Kier molecular flexibility index (Phi) is 4.98. The van der Waals surface area contributed by atoms with E-state index >= 15 is 0 Å². The number of piperidine rings is 1. The standard InChI is InChI=1S/C9H21N3O2S/c1-11(7-5-6-10)15(13,14)12-8-3-2-4-9-12/h2-10H2,1H3. The number of nitrogens with two attached hydrogens (primary N) is 1. The van der Waals surface area contributed by atoms with Crippen LogP contribution in [0.25, 0.3) is 0 Å². The van der Waals surface area contributed by atoms with Crippen LogP contribution in [0.2, 0.25) is 0 Å². The predicted octanol–water partition coefficient (Wildman–Crippen LogP) is -0.00230. The molecule has 0 bridgehead atoms. The third kappa shape index (κ3) is 3.41. The Morgan fingerprint density at radius 1 is 1.27 bits per heavy atom. The third-order valence-corrected chi connectivity index (χ3v) is 4.70. The second-order valence-corrected chi connectivity index (χ2v) is 5.97. The first-order chi connectivity index (χ1) is 7.09. The molecule has 0 aromatic carbocycles. The zero-order chi connectivity index (χ0) is 11.3. The van der Waals surface area contributed by atoms with Crippen molar-refractivity contribution in [1.82, 2.24) is 8.61 Å². The summed E-state index contributed by atoms with van der Waals surface area (Å²) in [6.07, 6.45) is 3.80. The minimum atomic E-state index is -3.22. The highest BCUT2D eigenvalue weighted by atomic mass is 32.2. The van der Waals surface area contributed by atoms with Crippen LogP contribution in [0.3, 0.4) is 0 Å². The van der Waals surface area contributed by atoms with Gasteiger partial charge in [-0.05, 0) is 25.8 Å². The SMILES string of the molecule is CN(CCCN)S(=O)(=O)N1CCCCC1.